The fraction of sp³-hybridized carbons (Fsp3) is 0.238. The first kappa shape index (κ1) is 23.2. The van der Waals surface area contributed by atoms with Crippen molar-refractivity contribution in [1.29, 1.82) is 0 Å². The minimum atomic E-state index is -0.445. The Kier molecular flexibility index (Phi) is 8.05. The van der Waals surface area contributed by atoms with Crippen molar-refractivity contribution in [3.8, 4) is 11.4 Å². The molecule has 0 saturated carbocycles. The number of hydrogen-bond donors (Lipinski definition) is 1. The number of ether oxygens (including phenoxy) is 1. The Morgan fingerprint density at radius 1 is 1.32 bits per heavy atom. The van der Waals surface area contributed by atoms with Crippen LogP contribution < -0.4 is 5.32 Å². The van der Waals surface area contributed by atoms with Crippen LogP contribution in [0, 0.1) is 6.92 Å². The molecule has 0 bridgehead atoms. The van der Waals surface area contributed by atoms with Crippen molar-refractivity contribution >= 4 is 55.9 Å². The average Bonchev–Trinajstić information content (AvgIpc) is 3.30. The highest BCUT2D eigenvalue weighted by Crippen LogP contribution is 2.29. The first-order valence-electron chi connectivity index (χ1n) is 9.43. The summed E-state index contributed by atoms with van der Waals surface area (Å²) in [7, 11) is 0. The molecule has 0 unspecified atom stereocenters. The van der Waals surface area contributed by atoms with E-state index >= 15 is 0 Å². The van der Waals surface area contributed by atoms with Gasteiger partial charge in [-0.25, -0.2) is 4.79 Å². The van der Waals surface area contributed by atoms with Crippen LogP contribution in [-0.2, 0) is 16.1 Å². The van der Waals surface area contributed by atoms with Crippen molar-refractivity contribution in [2.75, 3.05) is 17.7 Å². The van der Waals surface area contributed by atoms with Crippen LogP contribution >= 0.6 is 39.0 Å². The number of nitrogens with one attached hydrogen (secondary N) is 1. The van der Waals surface area contributed by atoms with Crippen molar-refractivity contribution in [3.63, 3.8) is 0 Å². The van der Waals surface area contributed by atoms with Crippen molar-refractivity contribution in [3.05, 3.63) is 57.9 Å². The molecule has 162 valence electrons. The minimum absolute atomic E-state index is 0.120. The van der Waals surface area contributed by atoms with Crippen LogP contribution in [-0.4, -0.2) is 39.0 Å². The molecular weight excluding hydrogens is 500 g/mol. The van der Waals surface area contributed by atoms with E-state index in [2.05, 4.69) is 38.0 Å². The Bertz CT molecular complexity index is 1090. The molecule has 0 aliphatic carbocycles. The maximum Gasteiger partial charge on any atom is 0.341 e. The highest BCUT2D eigenvalue weighted by molar-refractivity contribution is 9.10. The zero-order chi connectivity index (χ0) is 22.4. The van der Waals surface area contributed by atoms with Crippen LogP contribution in [0.4, 0.5) is 5.00 Å². The molecule has 7 nitrogen and oxygen atoms in total. The molecule has 2 aromatic heterocycles. The zero-order valence-electron chi connectivity index (χ0n) is 17.1. The lowest BCUT2D eigenvalue weighted by atomic mass is 10.2. The number of halogens is 1. The summed E-state index contributed by atoms with van der Waals surface area (Å²) in [4.78, 5) is 25.6. The molecule has 1 N–H and O–H groups in total. The van der Waals surface area contributed by atoms with E-state index in [0.717, 1.165) is 14.9 Å². The minimum Gasteiger partial charge on any atom is -0.462 e. The highest BCUT2D eigenvalue weighted by Gasteiger charge is 2.19. The lowest BCUT2D eigenvalue weighted by Crippen LogP contribution is -2.16. The first-order chi connectivity index (χ1) is 14.9. The molecule has 0 spiro atoms. The van der Waals surface area contributed by atoms with E-state index in [4.69, 9.17) is 4.74 Å². The van der Waals surface area contributed by atoms with Gasteiger partial charge in [-0.3, -0.25) is 9.36 Å². The number of benzene rings is 1. The molecule has 0 atom stereocenters. The fourth-order valence-corrected chi connectivity index (χ4v) is 4.69. The number of thiophene rings is 1. The Morgan fingerprint density at radius 3 is 2.74 bits per heavy atom. The predicted octanol–water partition coefficient (Wildman–Crippen LogP) is 5.17. The second-order valence-corrected chi connectivity index (χ2v) is 9.48. The number of hydrogen-bond acceptors (Lipinski definition) is 7. The van der Waals surface area contributed by atoms with E-state index in [1.165, 1.54) is 23.1 Å². The Morgan fingerprint density at radius 2 is 2.06 bits per heavy atom. The predicted molar refractivity (Wildman–Crippen MR) is 128 cm³/mol. The normalized spacial score (nSPS) is 10.7. The van der Waals surface area contributed by atoms with Crippen LogP contribution in [0.15, 0.2) is 52.6 Å². The van der Waals surface area contributed by atoms with Gasteiger partial charge in [0.25, 0.3) is 0 Å². The van der Waals surface area contributed by atoms with Crippen LogP contribution in [0.3, 0.4) is 0 Å². The lowest BCUT2D eigenvalue weighted by molar-refractivity contribution is -0.113. The summed E-state index contributed by atoms with van der Waals surface area (Å²) in [6.07, 6.45) is 1.76. The molecule has 0 radical (unpaired) electrons. The van der Waals surface area contributed by atoms with Gasteiger partial charge in [0.2, 0.25) is 5.91 Å². The van der Waals surface area contributed by atoms with Gasteiger partial charge in [0, 0.05) is 21.5 Å². The lowest BCUT2D eigenvalue weighted by Gasteiger charge is -2.08. The van der Waals surface area contributed by atoms with E-state index in [1.807, 2.05) is 35.8 Å². The monoisotopic (exact) mass is 520 g/mol. The van der Waals surface area contributed by atoms with Gasteiger partial charge in [-0.15, -0.1) is 28.1 Å². The third-order valence-corrected chi connectivity index (χ3v) is 6.53. The van der Waals surface area contributed by atoms with Crippen LogP contribution in [0.2, 0.25) is 0 Å². The largest absolute Gasteiger partial charge is 0.462 e. The molecule has 2 heterocycles. The number of thioether (sulfide) groups is 1. The van der Waals surface area contributed by atoms with E-state index in [1.54, 1.807) is 19.1 Å². The molecule has 0 aliphatic rings. The molecular formula is C21H21BrN4O3S2. The summed E-state index contributed by atoms with van der Waals surface area (Å²) >= 11 is 6.04. The standard InChI is InChI=1S/C21H21BrN4O3S2/c1-4-10-26-18(14-6-8-15(22)9-7-14)24-25-21(26)30-12-17(27)23-19-16(11-13(3)31-19)20(28)29-5-2/h4,6-9,11H,1,5,10,12H2,2-3H3,(H,23,27). The molecule has 3 aromatic rings. The smallest absolute Gasteiger partial charge is 0.341 e. The second-order valence-electron chi connectivity index (χ2n) is 6.37. The molecule has 0 fully saturated rings. The van der Waals surface area contributed by atoms with Gasteiger partial charge in [0.15, 0.2) is 11.0 Å². The number of aryl methyl sites for hydroxylation is 1. The number of aromatic nitrogens is 3. The SMILES string of the molecule is C=CCn1c(SCC(=O)Nc2sc(C)cc2C(=O)OCC)nnc1-c1ccc(Br)cc1. The number of amides is 1. The van der Waals surface area contributed by atoms with Crippen molar-refractivity contribution in [1.82, 2.24) is 14.8 Å². The van der Waals surface area contributed by atoms with Gasteiger partial charge >= 0.3 is 5.97 Å². The number of anilines is 1. The second kappa shape index (κ2) is 10.7. The average molecular weight is 521 g/mol. The van der Waals surface area contributed by atoms with E-state index < -0.39 is 5.97 Å². The third kappa shape index (κ3) is 5.84. The van der Waals surface area contributed by atoms with Gasteiger partial charge in [-0.2, -0.15) is 0 Å². The Balaban J connectivity index is 1.72. The van der Waals surface area contributed by atoms with Gasteiger partial charge in [-0.05, 0) is 32.0 Å². The van der Waals surface area contributed by atoms with Crippen molar-refractivity contribution in [2.24, 2.45) is 0 Å². The van der Waals surface area contributed by atoms with E-state index in [0.29, 0.717) is 28.1 Å². The summed E-state index contributed by atoms with van der Waals surface area (Å²) in [6.45, 7) is 8.21. The number of rotatable bonds is 9. The quantitative estimate of drug-likeness (QED) is 0.238. The van der Waals surface area contributed by atoms with Gasteiger partial charge in [0.1, 0.15) is 5.00 Å². The number of nitrogens with zero attached hydrogens (tertiary/aromatic N) is 3. The van der Waals surface area contributed by atoms with Gasteiger partial charge < -0.3 is 10.1 Å². The Labute approximate surface area is 197 Å². The molecule has 3 rings (SSSR count). The Hall–Kier alpha value is -2.43. The zero-order valence-corrected chi connectivity index (χ0v) is 20.3. The summed E-state index contributed by atoms with van der Waals surface area (Å²) in [5, 5.41) is 12.5. The summed E-state index contributed by atoms with van der Waals surface area (Å²) in [5.74, 6) is 0.138. The topological polar surface area (TPSA) is 86.1 Å². The van der Waals surface area contributed by atoms with Crippen LogP contribution in [0.1, 0.15) is 22.2 Å². The number of esters is 1. The molecule has 0 saturated heterocycles. The van der Waals surface area contributed by atoms with Crippen molar-refractivity contribution in [2.45, 2.75) is 25.5 Å². The number of allylic oxidation sites excluding steroid dienone is 1. The summed E-state index contributed by atoms with van der Waals surface area (Å²) in [5.41, 5.74) is 1.29. The van der Waals surface area contributed by atoms with Gasteiger partial charge in [0.05, 0.1) is 17.9 Å². The summed E-state index contributed by atoms with van der Waals surface area (Å²) in [6, 6.07) is 9.49. The number of carbonyl (C=O) groups is 2. The van der Waals surface area contributed by atoms with Gasteiger partial charge in [-0.1, -0.05) is 45.9 Å². The third-order valence-electron chi connectivity index (χ3n) is 4.07. The maximum absolute atomic E-state index is 12.6. The number of carbonyl (C=O) groups excluding carboxylic acids is 2. The summed E-state index contributed by atoms with van der Waals surface area (Å²) < 4.78 is 7.95. The highest BCUT2D eigenvalue weighted by atomic mass is 79.9. The van der Waals surface area contributed by atoms with E-state index in [-0.39, 0.29) is 18.3 Å². The van der Waals surface area contributed by atoms with E-state index in [9.17, 15) is 9.59 Å². The molecule has 1 amide bonds. The molecule has 1 aromatic carbocycles. The molecule has 0 aliphatic heterocycles. The van der Waals surface area contributed by atoms with Crippen LogP contribution in [0.5, 0.6) is 0 Å². The molecule has 10 heteroatoms. The fourth-order valence-electron chi connectivity index (χ4n) is 2.76. The van der Waals surface area contributed by atoms with Crippen LogP contribution in [0.25, 0.3) is 11.4 Å². The molecule has 31 heavy (non-hydrogen) atoms. The van der Waals surface area contributed by atoms with Crippen molar-refractivity contribution < 1.29 is 14.3 Å². The first-order valence-corrected chi connectivity index (χ1v) is 12.0. The maximum atomic E-state index is 12.6.